The first-order chi connectivity index (χ1) is 16.1. The van der Waals surface area contributed by atoms with Crippen LogP contribution in [0, 0.1) is 5.82 Å². The van der Waals surface area contributed by atoms with Crippen molar-refractivity contribution in [1.29, 1.82) is 0 Å². The molecule has 1 unspecified atom stereocenters. The Morgan fingerprint density at radius 3 is 2.70 bits per heavy atom. The highest BCUT2D eigenvalue weighted by Crippen LogP contribution is 2.39. The summed E-state index contributed by atoms with van der Waals surface area (Å²) in [4.78, 5) is 22.7. The van der Waals surface area contributed by atoms with Gasteiger partial charge in [0.05, 0.1) is 18.8 Å². The molecule has 1 N–H and O–H groups in total. The molecule has 174 valence electrons. The molecule has 1 spiro atoms. The Morgan fingerprint density at radius 1 is 1.15 bits per heavy atom. The second kappa shape index (κ2) is 9.14. The molecule has 0 aromatic heterocycles. The maximum atomic E-state index is 13.4. The summed E-state index contributed by atoms with van der Waals surface area (Å²) in [5.74, 6) is 1.29. The number of halogens is 1. The lowest BCUT2D eigenvalue weighted by Gasteiger charge is -2.44. The van der Waals surface area contributed by atoms with Crippen molar-refractivity contribution in [1.82, 2.24) is 10.2 Å². The average Bonchev–Trinajstić information content (AvgIpc) is 3.42. The molecule has 2 amide bonds. The van der Waals surface area contributed by atoms with Crippen LogP contribution in [-0.2, 0) is 6.54 Å². The SMILES string of the molecule is COc1cccc(N2C(=O)NC(=NC3CCCC3)C23CCCN(Cc2ccc(F)cc2)C3)c1. The monoisotopic (exact) mass is 450 g/mol. The number of likely N-dealkylation sites (tertiary alicyclic amines) is 1. The van der Waals surface area contributed by atoms with Gasteiger partial charge >= 0.3 is 6.03 Å². The van der Waals surface area contributed by atoms with E-state index in [-0.39, 0.29) is 17.9 Å². The van der Waals surface area contributed by atoms with Crippen molar-refractivity contribution >= 4 is 17.6 Å². The number of aliphatic imine (C=N–C) groups is 1. The van der Waals surface area contributed by atoms with E-state index in [1.807, 2.05) is 41.3 Å². The zero-order chi connectivity index (χ0) is 22.8. The van der Waals surface area contributed by atoms with Crippen LogP contribution in [0.4, 0.5) is 14.9 Å². The Balaban J connectivity index is 1.51. The number of nitrogens with zero attached hydrogens (tertiary/aromatic N) is 3. The molecule has 1 aliphatic carbocycles. The second-order valence-electron chi connectivity index (χ2n) is 9.36. The van der Waals surface area contributed by atoms with E-state index in [4.69, 9.17) is 9.73 Å². The summed E-state index contributed by atoms with van der Waals surface area (Å²) in [5, 5.41) is 3.14. The molecule has 0 radical (unpaired) electrons. The summed E-state index contributed by atoms with van der Waals surface area (Å²) in [6.45, 7) is 2.31. The van der Waals surface area contributed by atoms with Gasteiger partial charge in [0.2, 0.25) is 0 Å². The number of carbonyl (C=O) groups is 1. The minimum atomic E-state index is -0.551. The van der Waals surface area contributed by atoms with Crippen molar-refractivity contribution in [3.05, 3.63) is 59.9 Å². The summed E-state index contributed by atoms with van der Waals surface area (Å²) in [7, 11) is 1.64. The molecule has 2 saturated heterocycles. The third kappa shape index (κ3) is 4.34. The number of piperidine rings is 1. The van der Waals surface area contributed by atoms with Crippen molar-refractivity contribution in [3.8, 4) is 5.75 Å². The molecule has 2 aliphatic heterocycles. The predicted octanol–water partition coefficient (Wildman–Crippen LogP) is 4.74. The molecule has 3 aliphatic rings. The molecule has 3 fully saturated rings. The zero-order valence-corrected chi connectivity index (χ0v) is 19.1. The topological polar surface area (TPSA) is 57.2 Å². The first kappa shape index (κ1) is 21.9. The van der Waals surface area contributed by atoms with Crippen LogP contribution >= 0.6 is 0 Å². The van der Waals surface area contributed by atoms with Crippen LogP contribution in [0.25, 0.3) is 0 Å². The third-order valence-corrected chi connectivity index (χ3v) is 7.11. The fraction of sp³-hybridized carbons (Fsp3) is 0.462. The van der Waals surface area contributed by atoms with Gasteiger partial charge in [0.15, 0.2) is 0 Å². The Kier molecular flexibility index (Phi) is 6.06. The summed E-state index contributed by atoms with van der Waals surface area (Å²) in [6.07, 6.45) is 6.33. The number of hydrogen-bond donors (Lipinski definition) is 1. The molecular formula is C26H31FN4O2. The van der Waals surface area contributed by atoms with Gasteiger partial charge in [0.1, 0.15) is 22.9 Å². The van der Waals surface area contributed by atoms with E-state index in [9.17, 15) is 9.18 Å². The van der Waals surface area contributed by atoms with E-state index in [1.165, 1.54) is 25.0 Å². The second-order valence-corrected chi connectivity index (χ2v) is 9.36. The number of nitrogens with one attached hydrogen (secondary N) is 1. The largest absolute Gasteiger partial charge is 0.497 e. The molecule has 1 atom stereocenters. The number of hydrogen-bond acceptors (Lipinski definition) is 4. The molecule has 2 heterocycles. The average molecular weight is 451 g/mol. The van der Waals surface area contributed by atoms with Crippen LogP contribution < -0.4 is 15.0 Å². The number of amidine groups is 1. The molecule has 6 nitrogen and oxygen atoms in total. The number of carbonyl (C=O) groups excluding carboxylic acids is 1. The maximum Gasteiger partial charge on any atom is 0.328 e. The number of amides is 2. The number of anilines is 1. The summed E-state index contributed by atoms with van der Waals surface area (Å²) >= 11 is 0. The van der Waals surface area contributed by atoms with Gasteiger partial charge in [-0.05, 0) is 62.1 Å². The number of ether oxygens (including phenoxy) is 1. The van der Waals surface area contributed by atoms with Gasteiger partial charge in [-0.2, -0.15) is 0 Å². The first-order valence-corrected chi connectivity index (χ1v) is 11.9. The van der Waals surface area contributed by atoms with Crippen LogP contribution in [0.2, 0.25) is 0 Å². The van der Waals surface area contributed by atoms with Gasteiger partial charge in [-0.3, -0.25) is 20.1 Å². The van der Waals surface area contributed by atoms with E-state index in [2.05, 4.69) is 10.2 Å². The Labute approximate surface area is 194 Å². The Morgan fingerprint density at radius 2 is 1.94 bits per heavy atom. The summed E-state index contributed by atoms with van der Waals surface area (Å²) in [5.41, 5.74) is 1.32. The minimum absolute atomic E-state index is 0.136. The quantitative estimate of drug-likeness (QED) is 0.716. The van der Waals surface area contributed by atoms with Gasteiger partial charge in [-0.15, -0.1) is 0 Å². The maximum absolute atomic E-state index is 13.4. The highest BCUT2D eigenvalue weighted by Gasteiger charge is 2.53. The van der Waals surface area contributed by atoms with Gasteiger partial charge in [0, 0.05) is 19.2 Å². The van der Waals surface area contributed by atoms with Crippen molar-refractivity contribution in [2.45, 2.75) is 56.7 Å². The fourth-order valence-corrected chi connectivity index (χ4v) is 5.54. The molecule has 2 aromatic rings. The lowest BCUT2D eigenvalue weighted by Crippen LogP contribution is -2.60. The molecule has 0 bridgehead atoms. The molecule has 1 saturated carbocycles. The Bertz CT molecular complexity index is 1030. The Hall–Kier alpha value is -2.93. The molecule has 5 rings (SSSR count). The lowest BCUT2D eigenvalue weighted by atomic mass is 9.86. The fourth-order valence-electron chi connectivity index (χ4n) is 5.54. The lowest BCUT2D eigenvalue weighted by molar-refractivity contribution is 0.176. The van der Waals surface area contributed by atoms with E-state index in [0.29, 0.717) is 13.1 Å². The van der Waals surface area contributed by atoms with E-state index < -0.39 is 5.54 Å². The highest BCUT2D eigenvalue weighted by molar-refractivity contribution is 6.19. The van der Waals surface area contributed by atoms with Crippen molar-refractivity contribution < 1.29 is 13.9 Å². The van der Waals surface area contributed by atoms with Gasteiger partial charge in [-0.1, -0.05) is 31.0 Å². The van der Waals surface area contributed by atoms with Crippen molar-refractivity contribution in [2.75, 3.05) is 25.1 Å². The number of urea groups is 1. The summed E-state index contributed by atoms with van der Waals surface area (Å²) in [6, 6.07) is 14.5. The number of benzene rings is 2. The molecule has 2 aromatic carbocycles. The van der Waals surface area contributed by atoms with Crippen LogP contribution in [0.5, 0.6) is 5.75 Å². The van der Waals surface area contributed by atoms with Crippen molar-refractivity contribution in [3.63, 3.8) is 0 Å². The van der Waals surface area contributed by atoms with Crippen LogP contribution in [0.3, 0.4) is 0 Å². The van der Waals surface area contributed by atoms with E-state index >= 15 is 0 Å². The number of rotatable bonds is 5. The minimum Gasteiger partial charge on any atom is -0.497 e. The van der Waals surface area contributed by atoms with E-state index in [0.717, 1.165) is 55.1 Å². The van der Waals surface area contributed by atoms with Gasteiger partial charge < -0.3 is 4.74 Å². The van der Waals surface area contributed by atoms with Crippen LogP contribution in [-0.4, -0.2) is 48.5 Å². The third-order valence-electron chi connectivity index (χ3n) is 7.11. The zero-order valence-electron chi connectivity index (χ0n) is 19.1. The molecular weight excluding hydrogens is 419 g/mol. The van der Waals surface area contributed by atoms with Gasteiger partial charge in [-0.25, -0.2) is 9.18 Å². The highest BCUT2D eigenvalue weighted by atomic mass is 19.1. The van der Waals surface area contributed by atoms with Crippen molar-refractivity contribution in [2.24, 2.45) is 4.99 Å². The van der Waals surface area contributed by atoms with Crippen LogP contribution in [0.1, 0.15) is 44.1 Å². The standard InChI is InChI=1S/C26H31FN4O2/c1-33-23-9-4-8-22(16-23)31-25(32)29-24(28-21-6-2-3-7-21)26(31)14-5-15-30(18-26)17-19-10-12-20(27)13-11-19/h4,8-13,16,21H,2-3,5-7,14-15,17-18H2,1H3,(H,28,29,32). The van der Waals surface area contributed by atoms with Gasteiger partial charge in [0.25, 0.3) is 0 Å². The molecule has 7 heteroatoms. The van der Waals surface area contributed by atoms with E-state index in [1.54, 1.807) is 7.11 Å². The predicted molar refractivity (Wildman–Crippen MR) is 127 cm³/mol. The number of methoxy groups -OCH3 is 1. The molecule has 33 heavy (non-hydrogen) atoms. The first-order valence-electron chi connectivity index (χ1n) is 11.9. The smallest absolute Gasteiger partial charge is 0.328 e. The summed E-state index contributed by atoms with van der Waals surface area (Å²) < 4.78 is 18.8. The normalized spacial score (nSPS) is 25.2. The van der Waals surface area contributed by atoms with Crippen LogP contribution in [0.15, 0.2) is 53.5 Å².